The molecule has 5 rings (SSSR count). The van der Waals surface area contributed by atoms with Crippen molar-refractivity contribution in [2.75, 3.05) is 5.75 Å². The quantitative estimate of drug-likeness (QED) is 0.502. The summed E-state index contributed by atoms with van der Waals surface area (Å²) in [6.45, 7) is 8.96. The van der Waals surface area contributed by atoms with Gasteiger partial charge in [-0.05, 0) is 32.1 Å². The lowest BCUT2D eigenvalue weighted by Crippen LogP contribution is -2.31. The van der Waals surface area contributed by atoms with Gasteiger partial charge in [-0.25, -0.2) is 9.38 Å². The maximum absolute atomic E-state index is 6.03. The summed E-state index contributed by atoms with van der Waals surface area (Å²) >= 11 is 3.45. The van der Waals surface area contributed by atoms with E-state index in [0.717, 1.165) is 39.4 Å². The van der Waals surface area contributed by atoms with E-state index >= 15 is 0 Å². The van der Waals surface area contributed by atoms with E-state index in [2.05, 4.69) is 40.5 Å². The Kier molecular flexibility index (Phi) is 3.20. The van der Waals surface area contributed by atoms with E-state index in [1.54, 1.807) is 23.1 Å². The zero-order valence-electron chi connectivity index (χ0n) is 14.5. The molecular weight excluding hydrogens is 356 g/mol. The normalized spacial score (nSPS) is 17.0. The van der Waals surface area contributed by atoms with Crippen LogP contribution in [0.5, 0.6) is 0 Å². The largest absolute Gasteiger partial charge is 0.370 e. The zero-order chi connectivity index (χ0) is 17.3. The topological polar surface area (TPSA) is 69.6 Å². The third-order valence-corrected chi connectivity index (χ3v) is 6.49. The van der Waals surface area contributed by atoms with E-state index in [-0.39, 0.29) is 5.60 Å². The van der Waals surface area contributed by atoms with Crippen LogP contribution >= 0.6 is 23.1 Å². The Morgan fingerprint density at radius 1 is 1.32 bits per heavy atom. The highest BCUT2D eigenvalue weighted by molar-refractivity contribution is 7.99. The molecule has 1 aliphatic rings. The second-order valence-corrected chi connectivity index (χ2v) is 9.17. The van der Waals surface area contributed by atoms with Crippen LogP contribution in [0.2, 0.25) is 0 Å². The Morgan fingerprint density at radius 3 is 2.96 bits per heavy atom. The molecule has 0 saturated heterocycles. The van der Waals surface area contributed by atoms with Gasteiger partial charge in [0.25, 0.3) is 5.78 Å². The molecule has 0 amide bonds. The van der Waals surface area contributed by atoms with Crippen molar-refractivity contribution >= 4 is 44.7 Å². The summed E-state index contributed by atoms with van der Waals surface area (Å²) in [4.78, 5) is 7.11. The maximum Gasteiger partial charge on any atom is 0.260 e. The van der Waals surface area contributed by atoms with Crippen molar-refractivity contribution in [3.05, 3.63) is 16.3 Å². The standard InChI is InChI=1S/C16H18N6OS2/c1-5-24-15-19-18-14-21(15)13-11(12-17-8(2)20-22(12)14)9-6-16(3,4)23-7-10(9)25-13/h5-7H2,1-4H3. The molecule has 5 heterocycles. The Hall–Kier alpha value is -1.71. The summed E-state index contributed by atoms with van der Waals surface area (Å²) in [6.07, 6.45) is 0.869. The first-order valence-electron chi connectivity index (χ1n) is 8.30. The van der Waals surface area contributed by atoms with Gasteiger partial charge in [0.1, 0.15) is 10.7 Å². The van der Waals surface area contributed by atoms with Crippen molar-refractivity contribution in [3.63, 3.8) is 0 Å². The third kappa shape index (κ3) is 2.15. The molecule has 25 heavy (non-hydrogen) atoms. The van der Waals surface area contributed by atoms with Crippen LogP contribution in [-0.4, -0.2) is 40.6 Å². The van der Waals surface area contributed by atoms with Crippen LogP contribution in [0.15, 0.2) is 5.16 Å². The van der Waals surface area contributed by atoms with Crippen molar-refractivity contribution in [3.8, 4) is 0 Å². The van der Waals surface area contributed by atoms with Gasteiger partial charge in [0.2, 0.25) is 0 Å². The summed E-state index contributed by atoms with van der Waals surface area (Å²) in [5, 5.41) is 15.4. The van der Waals surface area contributed by atoms with Gasteiger partial charge in [0.05, 0.1) is 17.6 Å². The SMILES string of the molecule is CCSc1nnc2n3nc(C)nc3c3c4c(sc3n12)COC(C)(C)C4. The average molecular weight is 374 g/mol. The first-order valence-corrected chi connectivity index (χ1v) is 10.1. The fourth-order valence-corrected chi connectivity index (χ4v) is 5.38. The van der Waals surface area contributed by atoms with E-state index in [4.69, 9.17) is 9.72 Å². The minimum atomic E-state index is -0.170. The van der Waals surface area contributed by atoms with Crippen LogP contribution in [0.1, 0.15) is 37.0 Å². The highest BCUT2D eigenvalue weighted by Crippen LogP contribution is 2.41. The molecule has 0 fully saturated rings. The van der Waals surface area contributed by atoms with Crippen LogP contribution in [-0.2, 0) is 17.8 Å². The molecule has 7 nitrogen and oxygen atoms in total. The lowest BCUT2D eigenvalue weighted by atomic mass is 9.94. The molecule has 130 valence electrons. The van der Waals surface area contributed by atoms with E-state index in [1.807, 2.05) is 11.4 Å². The van der Waals surface area contributed by atoms with Gasteiger partial charge in [0.15, 0.2) is 10.8 Å². The van der Waals surface area contributed by atoms with Crippen molar-refractivity contribution in [2.24, 2.45) is 0 Å². The molecule has 4 aromatic heterocycles. The maximum atomic E-state index is 6.03. The van der Waals surface area contributed by atoms with Crippen LogP contribution in [0.4, 0.5) is 0 Å². The fraction of sp³-hybridized carbons (Fsp3) is 0.500. The van der Waals surface area contributed by atoms with Crippen molar-refractivity contribution < 1.29 is 4.74 Å². The average Bonchev–Trinajstić information content (AvgIpc) is 3.21. The van der Waals surface area contributed by atoms with Crippen LogP contribution in [0.3, 0.4) is 0 Å². The third-order valence-electron chi connectivity index (χ3n) is 4.49. The Labute approximate surface area is 152 Å². The zero-order valence-corrected chi connectivity index (χ0v) is 16.2. The van der Waals surface area contributed by atoms with Gasteiger partial charge in [-0.15, -0.1) is 26.6 Å². The highest BCUT2D eigenvalue weighted by Gasteiger charge is 2.32. The summed E-state index contributed by atoms with van der Waals surface area (Å²) < 4.78 is 9.99. The van der Waals surface area contributed by atoms with Crippen molar-refractivity contribution in [1.29, 1.82) is 0 Å². The predicted octanol–water partition coefficient (Wildman–Crippen LogP) is 3.26. The van der Waals surface area contributed by atoms with E-state index in [0.29, 0.717) is 6.61 Å². The van der Waals surface area contributed by atoms with E-state index in [1.165, 1.54) is 15.8 Å². The Balaban J connectivity index is 1.98. The first-order chi connectivity index (χ1) is 12.0. The number of fused-ring (bicyclic) bond motifs is 8. The number of thioether (sulfide) groups is 1. The predicted molar refractivity (Wildman–Crippen MR) is 98.6 cm³/mol. The summed E-state index contributed by atoms with van der Waals surface area (Å²) in [5.74, 6) is 2.41. The van der Waals surface area contributed by atoms with Crippen LogP contribution in [0, 0.1) is 6.92 Å². The molecule has 0 spiro atoms. The molecule has 0 aromatic carbocycles. The molecule has 9 heteroatoms. The number of hydrogen-bond acceptors (Lipinski definition) is 7. The van der Waals surface area contributed by atoms with Gasteiger partial charge in [0, 0.05) is 11.3 Å². The number of aromatic nitrogens is 6. The minimum absolute atomic E-state index is 0.170. The molecule has 0 bridgehead atoms. The van der Waals surface area contributed by atoms with Gasteiger partial charge in [-0.1, -0.05) is 18.7 Å². The Bertz CT molecular complexity index is 1140. The molecule has 0 radical (unpaired) electrons. The summed E-state index contributed by atoms with van der Waals surface area (Å²) in [7, 11) is 0. The second-order valence-electron chi connectivity index (χ2n) is 6.85. The van der Waals surface area contributed by atoms with Crippen LogP contribution < -0.4 is 0 Å². The number of hydrogen-bond donors (Lipinski definition) is 0. The van der Waals surface area contributed by atoms with Crippen LogP contribution in [0.25, 0.3) is 21.6 Å². The molecular formula is C16H18N6OS2. The minimum Gasteiger partial charge on any atom is -0.370 e. The number of rotatable bonds is 2. The van der Waals surface area contributed by atoms with Crippen molar-refractivity contribution in [1.82, 2.24) is 29.2 Å². The molecule has 1 aliphatic heterocycles. The summed E-state index contributed by atoms with van der Waals surface area (Å²) in [5.41, 5.74) is 2.03. The Morgan fingerprint density at radius 2 is 2.16 bits per heavy atom. The van der Waals surface area contributed by atoms with Gasteiger partial charge < -0.3 is 4.74 Å². The summed E-state index contributed by atoms with van der Waals surface area (Å²) in [6, 6.07) is 0. The molecule has 4 aromatic rings. The monoisotopic (exact) mass is 374 g/mol. The number of nitrogens with zero attached hydrogens (tertiary/aromatic N) is 6. The lowest BCUT2D eigenvalue weighted by molar-refractivity contribution is -0.0379. The molecule has 0 aliphatic carbocycles. The van der Waals surface area contributed by atoms with Gasteiger partial charge >= 0.3 is 0 Å². The van der Waals surface area contributed by atoms with Gasteiger partial charge in [-0.2, -0.15) is 4.52 Å². The molecule has 0 unspecified atom stereocenters. The first kappa shape index (κ1) is 15.5. The molecule has 0 saturated carbocycles. The molecule has 0 atom stereocenters. The molecule has 0 N–H and O–H groups in total. The van der Waals surface area contributed by atoms with E-state index in [9.17, 15) is 0 Å². The fourth-order valence-electron chi connectivity index (χ4n) is 3.44. The van der Waals surface area contributed by atoms with Crippen molar-refractivity contribution in [2.45, 2.75) is 51.5 Å². The highest BCUT2D eigenvalue weighted by atomic mass is 32.2. The second kappa shape index (κ2) is 5.15. The van der Waals surface area contributed by atoms with Gasteiger partial charge in [-0.3, -0.25) is 0 Å². The smallest absolute Gasteiger partial charge is 0.260 e. The number of aryl methyl sites for hydroxylation is 1. The number of thiophene rings is 1. The van der Waals surface area contributed by atoms with E-state index < -0.39 is 0 Å². The lowest BCUT2D eigenvalue weighted by Gasteiger charge is -2.30. The number of ether oxygens (including phenoxy) is 1.